The fourth-order valence-corrected chi connectivity index (χ4v) is 3.29. The third-order valence-electron chi connectivity index (χ3n) is 4.74. The van der Waals surface area contributed by atoms with Gasteiger partial charge in [-0.25, -0.2) is 4.39 Å². The van der Waals surface area contributed by atoms with E-state index in [1.54, 1.807) is 23.7 Å². The third kappa shape index (κ3) is 3.15. The molecule has 1 aliphatic heterocycles. The fourth-order valence-electron chi connectivity index (χ4n) is 3.29. The summed E-state index contributed by atoms with van der Waals surface area (Å²) in [7, 11) is 1.76. The first kappa shape index (κ1) is 16.6. The SMILES string of the molecule is Cn1c(C(=O)Nc2ccc(N3CCOCC3)cc2)cc2ccc(F)cc21. The van der Waals surface area contributed by atoms with Gasteiger partial charge in [-0.15, -0.1) is 0 Å². The van der Waals surface area contributed by atoms with E-state index in [1.807, 2.05) is 24.3 Å². The molecule has 1 amide bonds. The Morgan fingerprint density at radius 3 is 2.54 bits per heavy atom. The van der Waals surface area contributed by atoms with E-state index >= 15 is 0 Å². The predicted molar refractivity (Wildman–Crippen MR) is 100 cm³/mol. The largest absolute Gasteiger partial charge is 0.378 e. The Hall–Kier alpha value is -2.86. The van der Waals surface area contributed by atoms with Crippen LogP contribution in [0.25, 0.3) is 10.9 Å². The lowest BCUT2D eigenvalue weighted by atomic mass is 10.2. The maximum absolute atomic E-state index is 13.4. The van der Waals surface area contributed by atoms with Crippen molar-refractivity contribution in [2.45, 2.75) is 0 Å². The summed E-state index contributed by atoms with van der Waals surface area (Å²) in [6.45, 7) is 3.22. The number of fused-ring (bicyclic) bond motifs is 1. The Labute approximate surface area is 151 Å². The lowest BCUT2D eigenvalue weighted by Crippen LogP contribution is -2.36. The van der Waals surface area contributed by atoms with Gasteiger partial charge in [0.05, 0.1) is 18.7 Å². The summed E-state index contributed by atoms with van der Waals surface area (Å²) in [4.78, 5) is 14.9. The number of benzene rings is 2. The highest BCUT2D eigenvalue weighted by Gasteiger charge is 2.15. The number of anilines is 2. The van der Waals surface area contributed by atoms with Crippen LogP contribution in [0.3, 0.4) is 0 Å². The monoisotopic (exact) mass is 353 g/mol. The standard InChI is InChI=1S/C20H20FN3O2/c1-23-18-13-15(21)3-2-14(18)12-19(23)20(25)22-16-4-6-17(7-5-16)24-8-10-26-11-9-24/h2-7,12-13H,8-11H2,1H3,(H,22,25). The third-order valence-corrected chi connectivity index (χ3v) is 4.74. The number of hydrogen-bond acceptors (Lipinski definition) is 3. The average Bonchev–Trinajstić information content (AvgIpc) is 2.99. The number of carbonyl (C=O) groups excluding carboxylic acids is 1. The molecular formula is C20H20FN3O2. The molecular weight excluding hydrogens is 333 g/mol. The van der Waals surface area contributed by atoms with Gasteiger partial charge in [0.2, 0.25) is 0 Å². The van der Waals surface area contributed by atoms with Gasteiger partial charge in [0, 0.05) is 36.9 Å². The molecule has 0 atom stereocenters. The van der Waals surface area contributed by atoms with E-state index < -0.39 is 0 Å². The molecule has 26 heavy (non-hydrogen) atoms. The first-order chi connectivity index (χ1) is 12.6. The van der Waals surface area contributed by atoms with E-state index in [4.69, 9.17) is 4.74 Å². The smallest absolute Gasteiger partial charge is 0.272 e. The van der Waals surface area contributed by atoms with Crippen LogP contribution in [-0.4, -0.2) is 36.8 Å². The first-order valence-electron chi connectivity index (χ1n) is 8.61. The molecule has 0 radical (unpaired) electrons. The van der Waals surface area contributed by atoms with Gasteiger partial charge < -0.3 is 19.5 Å². The number of amides is 1. The van der Waals surface area contributed by atoms with E-state index in [1.165, 1.54) is 12.1 Å². The molecule has 5 nitrogen and oxygen atoms in total. The highest BCUT2D eigenvalue weighted by molar-refractivity contribution is 6.06. The summed E-state index contributed by atoms with van der Waals surface area (Å²) in [5, 5.41) is 3.74. The zero-order chi connectivity index (χ0) is 18.1. The number of aryl methyl sites for hydroxylation is 1. The summed E-state index contributed by atoms with van der Waals surface area (Å²) in [6, 6.07) is 14.1. The number of ether oxygens (including phenoxy) is 1. The average molecular weight is 353 g/mol. The van der Waals surface area contributed by atoms with E-state index in [2.05, 4.69) is 10.2 Å². The summed E-state index contributed by atoms with van der Waals surface area (Å²) in [5.41, 5.74) is 3.02. The Morgan fingerprint density at radius 2 is 1.81 bits per heavy atom. The van der Waals surface area contributed by atoms with Crippen LogP contribution in [0, 0.1) is 5.82 Å². The van der Waals surface area contributed by atoms with Crippen molar-refractivity contribution in [3.05, 3.63) is 60.0 Å². The minimum absolute atomic E-state index is 0.219. The van der Waals surface area contributed by atoms with E-state index in [-0.39, 0.29) is 11.7 Å². The number of hydrogen-bond donors (Lipinski definition) is 1. The topological polar surface area (TPSA) is 46.5 Å². The Morgan fingerprint density at radius 1 is 1.08 bits per heavy atom. The molecule has 0 unspecified atom stereocenters. The normalized spacial score (nSPS) is 14.6. The molecule has 134 valence electrons. The molecule has 1 N–H and O–H groups in total. The second-order valence-electron chi connectivity index (χ2n) is 6.39. The maximum atomic E-state index is 13.4. The van der Waals surface area contributed by atoms with Crippen molar-refractivity contribution in [1.29, 1.82) is 0 Å². The molecule has 0 spiro atoms. The molecule has 3 aromatic rings. The molecule has 1 fully saturated rings. The van der Waals surface area contributed by atoms with Crippen molar-refractivity contribution in [3.63, 3.8) is 0 Å². The van der Waals surface area contributed by atoms with Crippen molar-refractivity contribution in [3.8, 4) is 0 Å². The molecule has 0 aliphatic carbocycles. The van der Waals surface area contributed by atoms with Gasteiger partial charge in [-0.05, 0) is 48.5 Å². The molecule has 1 aromatic heterocycles. The second-order valence-corrected chi connectivity index (χ2v) is 6.39. The Balaban J connectivity index is 1.52. The highest BCUT2D eigenvalue weighted by atomic mass is 19.1. The molecule has 0 bridgehead atoms. The van der Waals surface area contributed by atoms with E-state index in [0.717, 1.165) is 43.1 Å². The molecule has 2 heterocycles. The van der Waals surface area contributed by atoms with Gasteiger partial charge in [-0.1, -0.05) is 0 Å². The molecule has 6 heteroatoms. The van der Waals surface area contributed by atoms with E-state index in [0.29, 0.717) is 11.2 Å². The molecule has 1 aliphatic rings. The van der Waals surface area contributed by atoms with Crippen molar-refractivity contribution < 1.29 is 13.9 Å². The lowest BCUT2D eigenvalue weighted by molar-refractivity contribution is 0.101. The van der Waals surface area contributed by atoms with Gasteiger partial charge in [0.15, 0.2) is 0 Å². The van der Waals surface area contributed by atoms with Crippen LogP contribution in [0.5, 0.6) is 0 Å². The summed E-state index contributed by atoms with van der Waals surface area (Å²) >= 11 is 0. The highest BCUT2D eigenvalue weighted by Crippen LogP contribution is 2.22. The van der Waals surface area contributed by atoms with Crippen LogP contribution in [0.1, 0.15) is 10.5 Å². The summed E-state index contributed by atoms with van der Waals surface area (Å²) < 4.78 is 20.5. The number of aromatic nitrogens is 1. The van der Waals surface area contributed by atoms with Crippen molar-refractivity contribution >= 4 is 28.2 Å². The van der Waals surface area contributed by atoms with Crippen LogP contribution < -0.4 is 10.2 Å². The minimum Gasteiger partial charge on any atom is -0.378 e. The van der Waals surface area contributed by atoms with Gasteiger partial charge in [-0.3, -0.25) is 4.79 Å². The van der Waals surface area contributed by atoms with Crippen LogP contribution in [-0.2, 0) is 11.8 Å². The van der Waals surface area contributed by atoms with Gasteiger partial charge >= 0.3 is 0 Å². The van der Waals surface area contributed by atoms with Crippen LogP contribution >= 0.6 is 0 Å². The quantitative estimate of drug-likeness (QED) is 0.785. The Bertz CT molecular complexity index is 944. The first-order valence-corrected chi connectivity index (χ1v) is 8.61. The van der Waals surface area contributed by atoms with Gasteiger partial charge in [-0.2, -0.15) is 0 Å². The number of nitrogens with zero attached hydrogens (tertiary/aromatic N) is 2. The van der Waals surface area contributed by atoms with Crippen molar-refractivity contribution in [1.82, 2.24) is 4.57 Å². The maximum Gasteiger partial charge on any atom is 0.272 e. The number of halogens is 1. The molecule has 0 saturated carbocycles. The number of morpholine rings is 1. The molecule has 4 rings (SSSR count). The predicted octanol–water partition coefficient (Wildman–Crippen LogP) is 3.41. The zero-order valence-electron chi connectivity index (χ0n) is 14.5. The minimum atomic E-state index is -0.315. The van der Waals surface area contributed by atoms with Crippen LogP contribution in [0.4, 0.5) is 15.8 Å². The van der Waals surface area contributed by atoms with Gasteiger partial charge in [0.1, 0.15) is 11.5 Å². The summed E-state index contributed by atoms with van der Waals surface area (Å²) in [5.74, 6) is -0.535. The van der Waals surface area contributed by atoms with Gasteiger partial charge in [0.25, 0.3) is 5.91 Å². The number of carbonyl (C=O) groups is 1. The lowest BCUT2D eigenvalue weighted by Gasteiger charge is -2.28. The van der Waals surface area contributed by atoms with Crippen LogP contribution in [0.15, 0.2) is 48.5 Å². The van der Waals surface area contributed by atoms with Crippen molar-refractivity contribution in [2.24, 2.45) is 7.05 Å². The van der Waals surface area contributed by atoms with Crippen LogP contribution in [0.2, 0.25) is 0 Å². The molecule has 1 saturated heterocycles. The second kappa shape index (κ2) is 6.80. The number of nitrogens with one attached hydrogen (secondary N) is 1. The zero-order valence-corrected chi connectivity index (χ0v) is 14.5. The van der Waals surface area contributed by atoms with E-state index in [9.17, 15) is 9.18 Å². The fraction of sp³-hybridized carbons (Fsp3) is 0.250. The molecule has 2 aromatic carbocycles. The number of rotatable bonds is 3. The Kier molecular flexibility index (Phi) is 4.34. The summed E-state index contributed by atoms with van der Waals surface area (Å²) in [6.07, 6.45) is 0. The van der Waals surface area contributed by atoms with Crippen molar-refractivity contribution in [2.75, 3.05) is 36.5 Å².